The summed E-state index contributed by atoms with van der Waals surface area (Å²) in [5, 5.41) is 0. The molecule has 0 spiro atoms. The van der Waals surface area contributed by atoms with E-state index in [1.807, 2.05) is 6.20 Å². The van der Waals surface area contributed by atoms with E-state index in [9.17, 15) is 0 Å². The second-order valence-electron chi connectivity index (χ2n) is 5.70. The van der Waals surface area contributed by atoms with Crippen molar-refractivity contribution in [3.8, 4) is 0 Å². The van der Waals surface area contributed by atoms with Gasteiger partial charge in [0.05, 0.1) is 0 Å². The molecule has 0 bridgehead atoms. The molecule has 0 saturated heterocycles. The highest BCUT2D eigenvalue weighted by atomic mass is 15.2. The Morgan fingerprint density at radius 2 is 1.95 bits per heavy atom. The third-order valence-corrected chi connectivity index (χ3v) is 4.00. The normalized spacial score (nSPS) is 14.1. The van der Waals surface area contributed by atoms with Crippen molar-refractivity contribution in [3.05, 3.63) is 23.9 Å². The number of rotatable bonds is 9. The lowest BCUT2D eigenvalue weighted by Crippen LogP contribution is -2.34. The SMILES string of the molecule is CCCCN(c1ccc(CC(N)CC)cn1)C(C)CC. The Morgan fingerprint density at radius 1 is 1.20 bits per heavy atom. The van der Waals surface area contributed by atoms with Crippen LogP contribution in [0.25, 0.3) is 0 Å². The molecule has 0 fully saturated rings. The molecule has 0 radical (unpaired) electrons. The number of anilines is 1. The van der Waals surface area contributed by atoms with E-state index in [1.54, 1.807) is 0 Å². The van der Waals surface area contributed by atoms with Crippen LogP contribution in [-0.2, 0) is 6.42 Å². The number of unbranched alkanes of at least 4 members (excludes halogenated alkanes) is 1. The van der Waals surface area contributed by atoms with Gasteiger partial charge in [-0.3, -0.25) is 0 Å². The van der Waals surface area contributed by atoms with Gasteiger partial charge in [0.1, 0.15) is 5.82 Å². The van der Waals surface area contributed by atoms with E-state index >= 15 is 0 Å². The van der Waals surface area contributed by atoms with Crippen molar-refractivity contribution in [1.29, 1.82) is 0 Å². The zero-order valence-corrected chi connectivity index (χ0v) is 13.6. The van der Waals surface area contributed by atoms with Crippen LogP contribution in [0.1, 0.15) is 58.9 Å². The Labute approximate surface area is 124 Å². The summed E-state index contributed by atoms with van der Waals surface area (Å²) in [6.07, 6.45) is 7.50. The van der Waals surface area contributed by atoms with Crippen LogP contribution < -0.4 is 10.6 Å². The molecule has 1 rings (SSSR count). The van der Waals surface area contributed by atoms with Crippen molar-refractivity contribution < 1.29 is 0 Å². The largest absolute Gasteiger partial charge is 0.354 e. The summed E-state index contributed by atoms with van der Waals surface area (Å²) in [5.74, 6) is 1.10. The minimum Gasteiger partial charge on any atom is -0.354 e. The summed E-state index contributed by atoms with van der Waals surface area (Å²) in [5.41, 5.74) is 7.24. The fourth-order valence-electron chi connectivity index (χ4n) is 2.26. The monoisotopic (exact) mass is 277 g/mol. The third kappa shape index (κ3) is 5.12. The standard InChI is InChI=1S/C17H31N3/c1-5-8-11-20(14(4)6-2)17-10-9-15(13-19-17)12-16(18)7-3/h9-10,13-14,16H,5-8,11-12,18H2,1-4H3. The van der Waals surface area contributed by atoms with Gasteiger partial charge >= 0.3 is 0 Å². The summed E-state index contributed by atoms with van der Waals surface area (Å²) in [6.45, 7) is 9.96. The molecule has 0 aliphatic heterocycles. The van der Waals surface area contributed by atoms with E-state index in [0.29, 0.717) is 6.04 Å². The number of aromatic nitrogens is 1. The van der Waals surface area contributed by atoms with Crippen LogP contribution in [0.4, 0.5) is 5.82 Å². The second-order valence-corrected chi connectivity index (χ2v) is 5.70. The highest BCUT2D eigenvalue weighted by Crippen LogP contribution is 2.18. The Bertz CT molecular complexity index is 361. The molecule has 1 heterocycles. The second kappa shape index (κ2) is 8.96. The number of nitrogens with two attached hydrogens (primary N) is 1. The molecule has 0 saturated carbocycles. The minimum atomic E-state index is 0.244. The molecule has 3 nitrogen and oxygen atoms in total. The van der Waals surface area contributed by atoms with Gasteiger partial charge in [0.2, 0.25) is 0 Å². The fraction of sp³-hybridized carbons (Fsp3) is 0.706. The molecule has 2 atom stereocenters. The van der Waals surface area contributed by atoms with E-state index < -0.39 is 0 Å². The Kier molecular flexibility index (Phi) is 7.60. The maximum absolute atomic E-state index is 6.00. The van der Waals surface area contributed by atoms with Crippen LogP contribution in [0, 0.1) is 0 Å². The minimum absolute atomic E-state index is 0.244. The first kappa shape index (κ1) is 17.0. The molecule has 0 aromatic carbocycles. The van der Waals surface area contributed by atoms with Crippen molar-refractivity contribution in [2.24, 2.45) is 5.73 Å². The van der Waals surface area contributed by atoms with Gasteiger partial charge in [-0.15, -0.1) is 0 Å². The lowest BCUT2D eigenvalue weighted by molar-refractivity contribution is 0.589. The predicted octanol–water partition coefficient (Wildman–Crippen LogP) is 3.77. The van der Waals surface area contributed by atoms with Gasteiger partial charge in [0.15, 0.2) is 0 Å². The van der Waals surface area contributed by atoms with Gasteiger partial charge in [-0.05, 0) is 44.2 Å². The molecular formula is C17H31N3. The van der Waals surface area contributed by atoms with Crippen molar-refractivity contribution in [2.45, 2.75) is 71.9 Å². The highest BCUT2D eigenvalue weighted by molar-refractivity contribution is 5.40. The first-order valence-electron chi connectivity index (χ1n) is 8.09. The average Bonchev–Trinajstić information content (AvgIpc) is 2.48. The summed E-state index contributed by atoms with van der Waals surface area (Å²) < 4.78 is 0. The number of hydrogen-bond donors (Lipinski definition) is 1. The van der Waals surface area contributed by atoms with Crippen LogP contribution in [0.2, 0.25) is 0 Å². The molecule has 3 heteroatoms. The molecule has 1 aromatic heterocycles. The van der Waals surface area contributed by atoms with Crippen LogP contribution >= 0.6 is 0 Å². The van der Waals surface area contributed by atoms with Gasteiger partial charge in [0, 0.05) is 24.8 Å². The van der Waals surface area contributed by atoms with Crippen molar-refractivity contribution in [1.82, 2.24) is 4.98 Å². The van der Waals surface area contributed by atoms with Crippen LogP contribution in [0.15, 0.2) is 18.3 Å². The summed E-state index contributed by atoms with van der Waals surface area (Å²) in [4.78, 5) is 7.08. The van der Waals surface area contributed by atoms with E-state index in [-0.39, 0.29) is 6.04 Å². The van der Waals surface area contributed by atoms with E-state index in [2.05, 4.69) is 49.7 Å². The van der Waals surface area contributed by atoms with Gasteiger partial charge < -0.3 is 10.6 Å². The zero-order valence-electron chi connectivity index (χ0n) is 13.6. The molecule has 2 unspecified atom stereocenters. The Morgan fingerprint density at radius 3 is 2.45 bits per heavy atom. The van der Waals surface area contributed by atoms with Gasteiger partial charge in [-0.1, -0.05) is 33.3 Å². The van der Waals surface area contributed by atoms with Crippen molar-refractivity contribution >= 4 is 5.82 Å². The van der Waals surface area contributed by atoms with Crippen molar-refractivity contribution in [3.63, 3.8) is 0 Å². The van der Waals surface area contributed by atoms with Crippen LogP contribution in [0.5, 0.6) is 0 Å². The van der Waals surface area contributed by atoms with Crippen LogP contribution in [0.3, 0.4) is 0 Å². The highest BCUT2D eigenvalue weighted by Gasteiger charge is 2.13. The summed E-state index contributed by atoms with van der Waals surface area (Å²) in [6, 6.07) is 5.12. The maximum Gasteiger partial charge on any atom is 0.128 e. The van der Waals surface area contributed by atoms with Gasteiger partial charge in [0.25, 0.3) is 0 Å². The number of hydrogen-bond acceptors (Lipinski definition) is 3. The quantitative estimate of drug-likeness (QED) is 0.747. The van der Waals surface area contributed by atoms with Crippen molar-refractivity contribution in [2.75, 3.05) is 11.4 Å². The molecule has 0 aliphatic rings. The Balaban J connectivity index is 2.76. The van der Waals surface area contributed by atoms with E-state index in [4.69, 9.17) is 5.73 Å². The molecule has 2 N–H and O–H groups in total. The topological polar surface area (TPSA) is 42.1 Å². The first-order chi connectivity index (χ1) is 9.62. The number of nitrogens with zero attached hydrogens (tertiary/aromatic N) is 2. The molecule has 0 aliphatic carbocycles. The lowest BCUT2D eigenvalue weighted by atomic mass is 10.1. The lowest BCUT2D eigenvalue weighted by Gasteiger charge is -2.29. The predicted molar refractivity (Wildman–Crippen MR) is 88.2 cm³/mol. The van der Waals surface area contributed by atoms with E-state index in [0.717, 1.165) is 31.6 Å². The number of pyridine rings is 1. The molecule has 20 heavy (non-hydrogen) atoms. The summed E-state index contributed by atoms with van der Waals surface area (Å²) in [7, 11) is 0. The summed E-state index contributed by atoms with van der Waals surface area (Å²) >= 11 is 0. The first-order valence-corrected chi connectivity index (χ1v) is 8.09. The molecular weight excluding hydrogens is 246 g/mol. The zero-order chi connectivity index (χ0) is 15.0. The smallest absolute Gasteiger partial charge is 0.128 e. The van der Waals surface area contributed by atoms with Gasteiger partial charge in [-0.2, -0.15) is 0 Å². The molecule has 1 aromatic rings. The van der Waals surface area contributed by atoms with Gasteiger partial charge in [-0.25, -0.2) is 4.98 Å². The van der Waals surface area contributed by atoms with E-state index in [1.165, 1.54) is 18.4 Å². The third-order valence-electron chi connectivity index (χ3n) is 4.00. The van der Waals surface area contributed by atoms with Crippen LogP contribution in [-0.4, -0.2) is 23.6 Å². The molecule has 0 amide bonds. The molecule has 114 valence electrons. The Hall–Kier alpha value is -1.09. The average molecular weight is 277 g/mol. The maximum atomic E-state index is 6.00. The fourth-order valence-corrected chi connectivity index (χ4v) is 2.26.